The van der Waals surface area contributed by atoms with E-state index in [1.807, 2.05) is 13.8 Å². The number of hydrogen-bond acceptors (Lipinski definition) is 8. The second-order valence-electron chi connectivity index (χ2n) is 18.8. The minimum atomic E-state index is -2.54. The molecule has 2 aliphatic heterocycles. The third-order valence-electron chi connectivity index (χ3n) is 13.4. The van der Waals surface area contributed by atoms with E-state index >= 15 is 70.2 Å². The molecule has 2 aliphatic rings. The molecule has 80 heavy (non-hydrogen) atoms. The SMILES string of the molecule is CCCCCCCCCCOc1c(F)c(F)c(-c2c(F)c(F)c(-c3sc(-c4sc(-c5c(F)c(F)c(-c6c(F)c(F)c(OCCCCCCCCCC)c(F)c6F)c(F)c5F)c5c4OCCO5)c4c3OCCO4)c(F)c2F)c(F)c1F. The number of rotatable bonds is 25. The second kappa shape index (κ2) is 26.3. The molecule has 0 spiro atoms. The maximum absolute atomic E-state index is 16.4. The van der Waals surface area contributed by atoms with Crippen LogP contribution in [-0.2, 0) is 0 Å². The van der Waals surface area contributed by atoms with Crippen LogP contribution in [0.4, 0.5) is 70.2 Å². The highest BCUT2D eigenvalue weighted by atomic mass is 32.1. The first kappa shape index (κ1) is 60.1. The van der Waals surface area contributed by atoms with Crippen molar-refractivity contribution in [2.24, 2.45) is 0 Å². The van der Waals surface area contributed by atoms with Crippen molar-refractivity contribution >= 4 is 22.7 Å². The van der Waals surface area contributed by atoms with E-state index in [4.69, 9.17) is 28.4 Å². The molecular weight excluding hydrogens is 1140 g/mol. The van der Waals surface area contributed by atoms with Crippen molar-refractivity contribution in [2.45, 2.75) is 117 Å². The van der Waals surface area contributed by atoms with Gasteiger partial charge in [0.25, 0.3) is 0 Å². The number of ether oxygens (including phenoxy) is 6. The van der Waals surface area contributed by atoms with E-state index in [2.05, 4.69) is 0 Å². The lowest BCUT2D eigenvalue weighted by molar-refractivity contribution is 0.172. The molecule has 0 radical (unpaired) electrons. The molecular formula is C56H50F16O6S2. The first-order valence-electron chi connectivity index (χ1n) is 26.0. The predicted molar refractivity (Wildman–Crippen MR) is 267 cm³/mol. The van der Waals surface area contributed by atoms with Crippen LogP contribution >= 0.6 is 22.7 Å². The lowest BCUT2D eigenvalue weighted by Crippen LogP contribution is -2.16. The maximum Gasteiger partial charge on any atom is 0.204 e. The molecule has 24 heteroatoms. The van der Waals surface area contributed by atoms with Crippen molar-refractivity contribution < 1.29 is 98.7 Å². The summed E-state index contributed by atoms with van der Waals surface area (Å²) in [5.41, 5.74) is -12.0. The molecule has 0 saturated heterocycles. The minimum absolute atomic E-state index is 0.199. The third kappa shape index (κ3) is 11.4. The third-order valence-corrected chi connectivity index (χ3v) is 15.9. The molecule has 0 N–H and O–H groups in total. The molecule has 0 fully saturated rings. The van der Waals surface area contributed by atoms with Gasteiger partial charge in [0.2, 0.25) is 23.3 Å². The Balaban J connectivity index is 1.13. The molecule has 8 rings (SSSR count). The monoisotopic (exact) mass is 1190 g/mol. The predicted octanol–water partition coefficient (Wildman–Crippen LogP) is 19.0. The average molecular weight is 1190 g/mol. The summed E-state index contributed by atoms with van der Waals surface area (Å²) in [6, 6.07) is 0. The fourth-order valence-corrected chi connectivity index (χ4v) is 11.9. The molecule has 4 heterocycles. The quantitative estimate of drug-likeness (QED) is 0.0323. The molecule has 0 saturated carbocycles. The Kier molecular flexibility index (Phi) is 19.7. The highest BCUT2D eigenvalue weighted by Gasteiger charge is 2.42. The van der Waals surface area contributed by atoms with E-state index in [0.29, 0.717) is 12.8 Å². The zero-order valence-corrected chi connectivity index (χ0v) is 44.5. The Morgan fingerprint density at radius 1 is 0.275 bits per heavy atom. The molecule has 0 unspecified atom stereocenters. The zero-order valence-electron chi connectivity index (χ0n) is 42.9. The van der Waals surface area contributed by atoms with Crippen LogP contribution in [0.25, 0.3) is 52.9 Å². The van der Waals surface area contributed by atoms with Crippen molar-refractivity contribution in [3.05, 3.63) is 93.1 Å². The van der Waals surface area contributed by atoms with Gasteiger partial charge in [-0.15, -0.1) is 22.7 Å². The van der Waals surface area contributed by atoms with E-state index in [1.165, 1.54) is 0 Å². The Labute approximate surface area is 456 Å². The normalized spacial score (nSPS) is 13.0. The largest absolute Gasteiger partial charge is 0.487 e. The summed E-state index contributed by atoms with van der Waals surface area (Å²) >= 11 is 0.398. The Morgan fingerprint density at radius 2 is 0.487 bits per heavy atom. The second-order valence-corrected chi connectivity index (χ2v) is 20.9. The van der Waals surface area contributed by atoms with Crippen molar-refractivity contribution in [2.75, 3.05) is 39.6 Å². The molecule has 434 valence electrons. The molecule has 4 aromatic carbocycles. The van der Waals surface area contributed by atoms with Gasteiger partial charge in [0, 0.05) is 0 Å². The molecule has 2 aromatic heterocycles. The van der Waals surface area contributed by atoms with E-state index in [0.717, 1.165) is 77.0 Å². The zero-order chi connectivity index (χ0) is 57.7. The number of unbranched alkanes of at least 4 members (excludes halogenated alkanes) is 14. The maximum atomic E-state index is 16.4. The standard InChI is InChI=1S/C56H50F16O6S2/c1-3-5-7-9-11-13-15-17-19-73-47-43(69)35(61)27(36(62)44(47)70)25-31(57)39(65)29(40(66)32(25)58)53-49-51(77-23-21-75-49)55(79-53)56-52-50(76-22-24-78-52)54(80-56)30-41(67)33(59)26(34(60)42(30)68)28-37(63)45(71)48(46(72)38(28)64)74-20-18-16-14-12-10-8-6-4-2/h3-24H2,1-2H3. The average Bonchev–Trinajstić information content (AvgIpc) is 4.22. The highest BCUT2D eigenvalue weighted by Crippen LogP contribution is 2.63. The van der Waals surface area contributed by atoms with Gasteiger partial charge in [0.1, 0.15) is 26.4 Å². The van der Waals surface area contributed by atoms with Crippen LogP contribution in [0.2, 0.25) is 0 Å². The fourth-order valence-electron chi connectivity index (χ4n) is 9.37. The summed E-state index contributed by atoms with van der Waals surface area (Å²) in [7, 11) is 0. The van der Waals surface area contributed by atoms with E-state index < -0.39 is 197 Å². The summed E-state index contributed by atoms with van der Waals surface area (Å²) in [6.45, 7) is 1.78. The summed E-state index contributed by atoms with van der Waals surface area (Å²) in [5, 5.41) is 0. The molecule has 0 amide bonds. The van der Waals surface area contributed by atoms with E-state index in [-0.39, 0.29) is 58.5 Å². The molecule has 6 aromatic rings. The molecule has 0 bridgehead atoms. The topological polar surface area (TPSA) is 55.4 Å². The van der Waals surface area contributed by atoms with Crippen LogP contribution in [0.5, 0.6) is 34.5 Å². The first-order valence-corrected chi connectivity index (χ1v) is 27.6. The smallest absolute Gasteiger partial charge is 0.204 e. The van der Waals surface area contributed by atoms with Crippen LogP contribution in [0.15, 0.2) is 0 Å². The highest BCUT2D eigenvalue weighted by molar-refractivity contribution is 7.26. The number of hydrogen-bond donors (Lipinski definition) is 0. The lowest BCUT2D eigenvalue weighted by atomic mass is 9.98. The first-order chi connectivity index (χ1) is 38.4. The van der Waals surface area contributed by atoms with Crippen LogP contribution < -0.4 is 28.4 Å². The number of thiophene rings is 2. The number of halogens is 16. The van der Waals surface area contributed by atoms with Crippen molar-refractivity contribution in [3.8, 4) is 87.4 Å². The van der Waals surface area contributed by atoms with Gasteiger partial charge < -0.3 is 28.4 Å². The van der Waals surface area contributed by atoms with Gasteiger partial charge in [-0.1, -0.05) is 104 Å². The van der Waals surface area contributed by atoms with Crippen LogP contribution in [0.1, 0.15) is 117 Å². The Morgan fingerprint density at radius 3 is 0.750 bits per heavy atom. The van der Waals surface area contributed by atoms with Crippen molar-refractivity contribution in [3.63, 3.8) is 0 Å². The van der Waals surface area contributed by atoms with Gasteiger partial charge in [-0.05, 0) is 12.8 Å². The summed E-state index contributed by atoms with van der Waals surface area (Å²) in [6.07, 6.45) is 12.7. The van der Waals surface area contributed by atoms with Gasteiger partial charge in [-0.3, -0.25) is 0 Å². The molecule has 0 atom stereocenters. The lowest BCUT2D eigenvalue weighted by Gasteiger charge is -2.19. The fraction of sp³-hybridized carbons (Fsp3) is 0.429. The molecule has 6 nitrogen and oxygen atoms in total. The van der Waals surface area contributed by atoms with Crippen LogP contribution in [0, 0.1) is 93.1 Å². The van der Waals surface area contributed by atoms with Gasteiger partial charge in [-0.25, -0.2) is 52.7 Å². The minimum Gasteiger partial charge on any atom is -0.487 e. The number of benzene rings is 4. The van der Waals surface area contributed by atoms with Crippen LogP contribution in [0.3, 0.4) is 0 Å². The van der Waals surface area contributed by atoms with Gasteiger partial charge in [0.05, 0.1) is 66.1 Å². The van der Waals surface area contributed by atoms with Gasteiger partial charge in [0.15, 0.2) is 104 Å². The number of fused-ring (bicyclic) bond motifs is 2. The van der Waals surface area contributed by atoms with Crippen LogP contribution in [-0.4, -0.2) is 39.6 Å². The summed E-state index contributed by atoms with van der Waals surface area (Å²) in [5.74, 6) is -44.0. The summed E-state index contributed by atoms with van der Waals surface area (Å²) < 4.78 is 286. The summed E-state index contributed by atoms with van der Waals surface area (Å²) in [4.78, 5) is -2.47. The van der Waals surface area contributed by atoms with Crippen molar-refractivity contribution in [1.29, 1.82) is 0 Å². The van der Waals surface area contributed by atoms with E-state index in [9.17, 15) is 0 Å². The van der Waals surface area contributed by atoms with E-state index in [1.54, 1.807) is 0 Å². The van der Waals surface area contributed by atoms with Gasteiger partial charge in [-0.2, -0.15) is 17.6 Å². The van der Waals surface area contributed by atoms with Crippen molar-refractivity contribution in [1.82, 2.24) is 0 Å². The Hall–Kier alpha value is -6.04. The van der Waals surface area contributed by atoms with Gasteiger partial charge >= 0.3 is 0 Å². The Bertz CT molecular complexity index is 2940. The molecule has 0 aliphatic carbocycles.